The fourth-order valence-corrected chi connectivity index (χ4v) is 3.77. The number of hydrogen-bond donors (Lipinski definition) is 1. The second kappa shape index (κ2) is 6.00. The van der Waals surface area contributed by atoms with Gasteiger partial charge in [0.05, 0.1) is 6.61 Å². The molecule has 1 spiro atoms. The van der Waals surface area contributed by atoms with Crippen molar-refractivity contribution in [3.63, 3.8) is 0 Å². The number of carbonyl (C=O) groups excluding carboxylic acids is 1. The molecule has 3 aliphatic rings. The number of hydrogen-bond acceptors (Lipinski definition) is 4. The number of ether oxygens (including phenoxy) is 1. The van der Waals surface area contributed by atoms with Crippen LogP contribution in [0.4, 0.5) is 0 Å². The van der Waals surface area contributed by atoms with Crippen molar-refractivity contribution in [1.82, 2.24) is 15.1 Å². The van der Waals surface area contributed by atoms with E-state index in [0.717, 1.165) is 58.7 Å². The first-order valence-electron chi connectivity index (χ1n) is 8.06. The zero-order valence-corrected chi connectivity index (χ0v) is 12.6. The zero-order chi connectivity index (χ0) is 14.0. The standard InChI is InChI=1S/C15H27N3O2/c1-2-17-9-10-20-13(11-17)14(19)18-7-4-15(5-8-18)3-6-16-12-15/h13,16H,2-12H2,1H3. The van der Waals surface area contributed by atoms with Crippen LogP contribution in [0.3, 0.4) is 0 Å². The van der Waals surface area contributed by atoms with Gasteiger partial charge in [0.1, 0.15) is 6.10 Å². The van der Waals surface area contributed by atoms with Gasteiger partial charge in [-0.3, -0.25) is 9.69 Å². The number of carbonyl (C=O) groups is 1. The van der Waals surface area contributed by atoms with Crippen LogP contribution >= 0.6 is 0 Å². The van der Waals surface area contributed by atoms with Gasteiger partial charge in [-0.25, -0.2) is 0 Å². The van der Waals surface area contributed by atoms with E-state index in [4.69, 9.17) is 4.74 Å². The van der Waals surface area contributed by atoms with E-state index in [9.17, 15) is 4.79 Å². The summed E-state index contributed by atoms with van der Waals surface area (Å²) in [5.41, 5.74) is 0.472. The maximum atomic E-state index is 12.6. The Hall–Kier alpha value is -0.650. The van der Waals surface area contributed by atoms with E-state index < -0.39 is 0 Å². The smallest absolute Gasteiger partial charge is 0.253 e. The minimum absolute atomic E-state index is 0.212. The predicted molar refractivity (Wildman–Crippen MR) is 77.6 cm³/mol. The molecule has 0 aromatic rings. The molecule has 1 unspecified atom stereocenters. The van der Waals surface area contributed by atoms with E-state index in [-0.39, 0.29) is 12.0 Å². The van der Waals surface area contributed by atoms with Crippen LogP contribution in [-0.2, 0) is 9.53 Å². The molecule has 3 heterocycles. The minimum atomic E-state index is -0.237. The molecule has 0 aromatic heterocycles. The van der Waals surface area contributed by atoms with Crippen LogP contribution in [0.5, 0.6) is 0 Å². The Kier molecular flexibility index (Phi) is 4.29. The number of nitrogens with zero attached hydrogens (tertiary/aromatic N) is 2. The van der Waals surface area contributed by atoms with Crippen molar-refractivity contribution in [3.8, 4) is 0 Å². The highest BCUT2D eigenvalue weighted by Crippen LogP contribution is 2.37. The number of nitrogens with one attached hydrogen (secondary N) is 1. The SMILES string of the molecule is CCN1CCOC(C(=O)N2CCC3(CCNC3)CC2)C1. The van der Waals surface area contributed by atoms with Gasteiger partial charge in [-0.15, -0.1) is 0 Å². The van der Waals surface area contributed by atoms with Crippen molar-refractivity contribution in [2.75, 3.05) is 52.4 Å². The lowest BCUT2D eigenvalue weighted by molar-refractivity contribution is -0.151. The van der Waals surface area contributed by atoms with E-state index in [1.165, 1.54) is 6.42 Å². The minimum Gasteiger partial charge on any atom is -0.366 e. The molecule has 5 nitrogen and oxygen atoms in total. The van der Waals surface area contributed by atoms with Gasteiger partial charge in [0.2, 0.25) is 0 Å². The summed E-state index contributed by atoms with van der Waals surface area (Å²) in [5.74, 6) is 0.212. The summed E-state index contributed by atoms with van der Waals surface area (Å²) in [4.78, 5) is 16.9. The van der Waals surface area contributed by atoms with Crippen molar-refractivity contribution in [1.29, 1.82) is 0 Å². The van der Waals surface area contributed by atoms with Crippen molar-refractivity contribution in [2.24, 2.45) is 5.41 Å². The molecule has 114 valence electrons. The highest BCUT2D eigenvalue weighted by Gasteiger charge is 2.39. The van der Waals surface area contributed by atoms with Crippen LogP contribution in [0.25, 0.3) is 0 Å². The average Bonchev–Trinajstić information content (AvgIpc) is 2.96. The Bertz CT molecular complexity index is 345. The molecule has 3 fully saturated rings. The Labute approximate surface area is 121 Å². The largest absolute Gasteiger partial charge is 0.366 e. The van der Waals surface area contributed by atoms with Crippen LogP contribution in [0.1, 0.15) is 26.2 Å². The van der Waals surface area contributed by atoms with E-state index in [1.54, 1.807) is 0 Å². The Morgan fingerprint density at radius 3 is 2.75 bits per heavy atom. The lowest BCUT2D eigenvalue weighted by Crippen LogP contribution is -2.53. The molecule has 3 rings (SSSR count). The monoisotopic (exact) mass is 281 g/mol. The van der Waals surface area contributed by atoms with Gasteiger partial charge in [-0.2, -0.15) is 0 Å². The summed E-state index contributed by atoms with van der Waals surface area (Å²) in [5, 5.41) is 3.47. The molecule has 0 aromatic carbocycles. The second-order valence-corrected chi connectivity index (χ2v) is 6.50. The molecule has 0 aliphatic carbocycles. The number of likely N-dealkylation sites (tertiary alicyclic amines) is 1. The van der Waals surface area contributed by atoms with Crippen molar-refractivity contribution in [2.45, 2.75) is 32.3 Å². The summed E-state index contributed by atoms with van der Waals surface area (Å²) in [6.45, 7) is 9.65. The molecule has 3 saturated heterocycles. The van der Waals surface area contributed by atoms with E-state index in [0.29, 0.717) is 12.0 Å². The van der Waals surface area contributed by atoms with E-state index in [2.05, 4.69) is 17.1 Å². The summed E-state index contributed by atoms with van der Waals surface area (Å²) in [7, 11) is 0. The highest BCUT2D eigenvalue weighted by atomic mass is 16.5. The first-order valence-corrected chi connectivity index (χ1v) is 8.06. The molecule has 1 N–H and O–H groups in total. The number of piperidine rings is 1. The van der Waals surface area contributed by atoms with Gasteiger partial charge in [-0.1, -0.05) is 6.92 Å². The van der Waals surface area contributed by atoms with Crippen molar-refractivity contribution >= 4 is 5.91 Å². The Morgan fingerprint density at radius 1 is 1.30 bits per heavy atom. The third-order valence-electron chi connectivity index (χ3n) is 5.34. The maximum Gasteiger partial charge on any atom is 0.253 e. The first kappa shape index (κ1) is 14.3. The summed E-state index contributed by atoms with van der Waals surface area (Å²) in [6, 6.07) is 0. The molecule has 20 heavy (non-hydrogen) atoms. The molecule has 0 radical (unpaired) electrons. The number of amides is 1. The van der Waals surface area contributed by atoms with Crippen LogP contribution in [-0.4, -0.2) is 74.2 Å². The quantitative estimate of drug-likeness (QED) is 0.791. The summed E-state index contributed by atoms with van der Waals surface area (Å²) < 4.78 is 5.70. The van der Waals surface area contributed by atoms with E-state index in [1.807, 2.05) is 4.90 Å². The number of morpholine rings is 1. The lowest BCUT2D eigenvalue weighted by Gasteiger charge is -2.41. The molecule has 1 amide bonds. The van der Waals surface area contributed by atoms with Crippen molar-refractivity contribution < 1.29 is 9.53 Å². The molecule has 0 bridgehead atoms. The molecular weight excluding hydrogens is 254 g/mol. The first-order chi connectivity index (χ1) is 9.72. The Morgan fingerprint density at radius 2 is 2.10 bits per heavy atom. The summed E-state index contributed by atoms with van der Waals surface area (Å²) >= 11 is 0. The van der Waals surface area contributed by atoms with Crippen molar-refractivity contribution in [3.05, 3.63) is 0 Å². The normalized spacial score (nSPS) is 30.9. The van der Waals surface area contributed by atoms with Gasteiger partial charge in [0, 0.05) is 32.7 Å². The fourth-order valence-electron chi connectivity index (χ4n) is 3.77. The number of rotatable bonds is 2. The van der Waals surface area contributed by atoms with Crippen LogP contribution < -0.4 is 5.32 Å². The molecule has 0 saturated carbocycles. The second-order valence-electron chi connectivity index (χ2n) is 6.50. The zero-order valence-electron chi connectivity index (χ0n) is 12.6. The molecular formula is C15H27N3O2. The number of likely N-dealkylation sites (N-methyl/N-ethyl adjacent to an activating group) is 1. The van der Waals surface area contributed by atoms with Gasteiger partial charge < -0.3 is 15.0 Å². The summed E-state index contributed by atoms with van der Waals surface area (Å²) in [6.07, 6.45) is 3.34. The van der Waals surface area contributed by atoms with E-state index >= 15 is 0 Å². The van der Waals surface area contributed by atoms with Gasteiger partial charge >= 0.3 is 0 Å². The third kappa shape index (κ3) is 2.85. The van der Waals surface area contributed by atoms with Gasteiger partial charge in [-0.05, 0) is 37.8 Å². The van der Waals surface area contributed by atoms with Crippen LogP contribution in [0.15, 0.2) is 0 Å². The topological polar surface area (TPSA) is 44.8 Å². The molecule has 3 aliphatic heterocycles. The maximum absolute atomic E-state index is 12.6. The highest BCUT2D eigenvalue weighted by molar-refractivity contribution is 5.81. The third-order valence-corrected chi connectivity index (χ3v) is 5.34. The fraction of sp³-hybridized carbons (Fsp3) is 0.933. The predicted octanol–water partition coefficient (Wildman–Crippen LogP) is 0.309. The average molecular weight is 281 g/mol. The van der Waals surface area contributed by atoms with Crippen LogP contribution in [0.2, 0.25) is 0 Å². The van der Waals surface area contributed by atoms with Gasteiger partial charge in [0.25, 0.3) is 5.91 Å². The lowest BCUT2D eigenvalue weighted by atomic mass is 9.78. The molecule has 5 heteroatoms. The Balaban J connectivity index is 1.53. The van der Waals surface area contributed by atoms with Crippen LogP contribution in [0, 0.1) is 5.41 Å². The molecule has 1 atom stereocenters. The van der Waals surface area contributed by atoms with Gasteiger partial charge in [0.15, 0.2) is 0 Å².